The van der Waals surface area contributed by atoms with Crippen LogP contribution >= 0.6 is 11.8 Å². The highest BCUT2D eigenvalue weighted by molar-refractivity contribution is 8.00. The molecule has 1 fully saturated rings. The van der Waals surface area contributed by atoms with Gasteiger partial charge in [0.2, 0.25) is 11.8 Å². The van der Waals surface area contributed by atoms with Gasteiger partial charge in [-0.15, -0.1) is 11.8 Å². The maximum absolute atomic E-state index is 12.5. The Morgan fingerprint density at radius 2 is 1.78 bits per heavy atom. The molecule has 2 atom stereocenters. The SMILES string of the molecule is Cc1ccc(NC(=O)CSCC(=O)N2C[C@@H](N)[C@H](c3ccccc3)C2)cc1. The molecule has 5 nitrogen and oxygen atoms in total. The summed E-state index contributed by atoms with van der Waals surface area (Å²) in [7, 11) is 0. The standard InChI is InChI=1S/C21H25N3O2S/c1-15-7-9-17(10-8-15)23-20(25)13-27-14-21(26)24-11-18(19(22)12-24)16-5-3-2-4-6-16/h2-10,18-19H,11-14,22H2,1H3,(H,23,25)/t18-,19+/m0/s1. The van der Waals surface area contributed by atoms with Gasteiger partial charge in [-0.2, -0.15) is 0 Å². The van der Waals surface area contributed by atoms with Gasteiger partial charge in [-0.05, 0) is 24.6 Å². The van der Waals surface area contributed by atoms with Gasteiger partial charge in [0.05, 0.1) is 11.5 Å². The average molecular weight is 384 g/mol. The zero-order valence-electron chi connectivity index (χ0n) is 15.4. The summed E-state index contributed by atoms with van der Waals surface area (Å²) in [5, 5.41) is 2.84. The number of nitrogens with zero attached hydrogens (tertiary/aromatic N) is 1. The summed E-state index contributed by atoms with van der Waals surface area (Å²) in [6.45, 7) is 3.20. The first-order valence-corrected chi connectivity index (χ1v) is 10.2. The number of thioether (sulfide) groups is 1. The number of amides is 2. The van der Waals surface area contributed by atoms with E-state index in [4.69, 9.17) is 5.73 Å². The van der Waals surface area contributed by atoms with Crippen molar-refractivity contribution in [3.63, 3.8) is 0 Å². The number of carbonyl (C=O) groups is 2. The molecular formula is C21H25N3O2S. The lowest BCUT2D eigenvalue weighted by Crippen LogP contribution is -2.33. The van der Waals surface area contributed by atoms with Gasteiger partial charge in [-0.1, -0.05) is 48.0 Å². The molecular weight excluding hydrogens is 358 g/mol. The van der Waals surface area contributed by atoms with Crippen molar-refractivity contribution in [3.8, 4) is 0 Å². The summed E-state index contributed by atoms with van der Waals surface area (Å²) in [6, 6.07) is 17.7. The van der Waals surface area contributed by atoms with Crippen molar-refractivity contribution in [1.29, 1.82) is 0 Å². The summed E-state index contributed by atoms with van der Waals surface area (Å²) >= 11 is 1.33. The van der Waals surface area contributed by atoms with Crippen molar-refractivity contribution in [2.24, 2.45) is 5.73 Å². The number of likely N-dealkylation sites (tertiary alicyclic amines) is 1. The Morgan fingerprint density at radius 1 is 1.07 bits per heavy atom. The average Bonchev–Trinajstić information content (AvgIpc) is 3.06. The number of nitrogens with one attached hydrogen (secondary N) is 1. The van der Waals surface area contributed by atoms with Gasteiger partial charge in [0.1, 0.15) is 0 Å². The lowest BCUT2D eigenvalue weighted by atomic mass is 9.95. The third kappa shape index (κ3) is 5.34. The summed E-state index contributed by atoms with van der Waals surface area (Å²) in [6.07, 6.45) is 0. The number of anilines is 1. The van der Waals surface area contributed by atoms with Crippen LogP contribution in [0.5, 0.6) is 0 Å². The van der Waals surface area contributed by atoms with Gasteiger partial charge in [-0.25, -0.2) is 0 Å². The highest BCUT2D eigenvalue weighted by Gasteiger charge is 2.33. The molecule has 0 aliphatic carbocycles. The smallest absolute Gasteiger partial charge is 0.234 e. The van der Waals surface area contributed by atoms with Gasteiger partial charge < -0.3 is 16.0 Å². The minimum atomic E-state index is -0.100. The van der Waals surface area contributed by atoms with Crippen molar-refractivity contribution in [1.82, 2.24) is 4.90 Å². The van der Waals surface area contributed by atoms with Crippen molar-refractivity contribution in [2.75, 3.05) is 29.9 Å². The Morgan fingerprint density at radius 3 is 2.48 bits per heavy atom. The van der Waals surface area contributed by atoms with Crippen LogP contribution in [0.25, 0.3) is 0 Å². The molecule has 2 aromatic carbocycles. The molecule has 1 aliphatic heterocycles. The van der Waals surface area contributed by atoms with Gasteiger partial charge in [0.25, 0.3) is 0 Å². The Hall–Kier alpha value is -2.31. The molecule has 0 radical (unpaired) electrons. The number of benzene rings is 2. The topological polar surface area (TPSA) is 75.4 Å². The van der Waals surface area contributed by atoms with Crippen molar-refractivity contribution < 1.29 is 9.59 Å². The molecule has 1 saturated heterocycles. The van der Waals surface area contributed by atoms with E-state index in [2.05, 4.69) is 17.4 Å². The number of hydrogen-bond acceptors (Lipinski definition) is 4. The van der Waals surface area contributed by atoms with Crippen LogP contribution in [0.15, 0.2) is 54.6 Å². The quantitative estimate of drug-likeness (QED) is 0.804. The molecule has 1 aliphatic rings. The third-order valence-corrected chi connectivity index (χ3v) is 5.66. The Labute approximate surface area is 164 Å². The first-order valence-electron chi connectivity index (χ1n) is 9.05. The van der Waals surface area contributed by atoms with Gasteiger partial charge in [0.15, 0.2) is 0 Å². The zero-order valence-corrected chi connectivity index (χ0v) is 16.2. The minimum absolute atomic E-state index is 0.0389. The van der Waals surface area contributed by atoms with Crippen LogP contribution < -0.4 is 11.1 Å². The summed E-state index contributed by atoms with van der Waals surface area (Å²) in [5.74, 6) is 0.649. The van der Waals surface area contributed by atoms with Gasteiger partial charge in [0, 0.05) is 30.7 Å². The van der Waals surface area contributed by atoms with E-state index in [1.165, 1.54) is 17.3 Å². The molecule has 0 unspecified atom stereocenters. The highest BCUT2D eigenvalue weighted by Crippen LogP contribution is 2.26. The van der Waals surface area contributed by atoms with Crippen LogP contribution in [-0.4, -0.2) is 47.4 Å². The fourth-order valence-electron chi connectivity index (χ4n) is 3.24. The van der Waals surface area contributed by atoms with Gasteiger partial charge >= 0.3 is 0 Å². The Bertz CT molecular complexity index is 780. The van der Waals surface area contributed by atoms with Gasteiger partial charge in [-0.3, -0.25) is 9.59 Å². The second-order valence-corrected chi connectivity index (χ2v) is 7.87. The van der Waals surface area contributed by atoms with Crippen molar-refractivity contribution >= 4 is 29.3 Å². The van der Waals surface area contributed by atoms with E-state index in [1.54, 1.807) is 0 Å². The summed E-state index contributed by atoms with van der Waals surface area (Å²) < 4.78 is 0. The zero-order chi connectivity index (χ0) is 19.2. The summed E-state index contributed by atoms with van der Waals surface area (Å²) in [4.78, 5) is 26.3. The Kier molecular flexibility index (Phi) is 6.53. The Balaban J connectivity index is 1.43. The lowest BCUT2D eigenvalue weighted by Gasteiger charge is -2.16. The maximum Gasteiger partial charge on any atom is 0.234 e. The van der Waals surface area contributed by atoms with E-state index in [0.717, 1.165) is 11.3 Å². The monoisotopic (exact) mass is 383 g/mol. The first kappa shape index (κ1) is 19.5. The predicted octanol–water partition coefficient (Wildman–Crippen LogP) is 2.62. The normalized spacial score (nSPS) is 19.1. The molecule has 0 saturated carbocycles. The fraction of sp³-hybridized carbons (Fsp3) is 0.333. The number of aryl methyl sites for hydroxylation is 1. The second-order valence-electron chi connectivity index (χ2n) is 6.89. The molecule has 0 aromatic heterocycles. The maximum atomic E-state index is 12.5. The molecule has 0 spiro atoms. The molecule has 27 heavy (non-hydrogen) atoms. The number of carbonyl (C=O) groups excluding carboxylic acids is 2. The van der Waals surface area contributed by atoms with Crippen LogP contribution in [0.1, 0.15) is 17.0 Å². The molecule has 3 N–H and O–H groups in total. The minimum Gasteiger partial charge on any atom is -0.340 e. The van der Waals surface area contributed by atoms with Crippen LogP contribution in [0.2, 0.25) is 0 Å². The second kappa shape index (κ2) is 9.06. The molecule has 6 heteroatoms. The van der Waals surface area contributed by atoms with E-state index < -0.39 is 0 Å². The van der Waals surface area contributed by atoms with Crippen molar-refractivity contribution in [2.45, 2.75) is 18.9 Å². The van der Waals surface area contributed by atoms with Crippen LogP contribution in [-0.2, 0) is 9.59 Å². The summed E-state index contributed by atoms with van der Waals surface area (Å²) in [5.41, 5.74) is 9.34. The highest BCUT2D eigenvalue weighted by atomic mass is 32.2. The molecule has 2 amide bonds. The lowest BCUT2D eigenvalue weighted by molar-refractivity contribution is -0.127. The van der Waals surface area contributed by atoms with E-state index in [0.29, 0.717) is 13.1 Å². The predicted molar refractivity (Wildman–Crippen MR) is 111 cm³/mol. The first-order chi connectivity index (χ1) is 13.0. The van der Waals surface area contributed by atoms with E-state index >= 15 is 0 Å². The molecule has 0 bridgehead atoms. The van der Waals surface area contributed by atoms with E-state index in [-0.39, 0.29) is 35.3 Å². The number of nitrogens with two attached hydrogens (primary N) is 1. The van der Waals surface area contributed by atoms with E-state index in [1.807, 2.05) is 54.3 Å². The van der Waals surface area contributed by atoms with E-state index in [9.17, 15) is 9.59 Å². The molecule has 3 rings (SSSR count). The number of rotatable bonds is 6. The largest absolute Gasteiger partial charge is 0.340 e. The molecule has 2 aromatic rings. The molecule has 142 valence electrons. The third-order valence-electron chi connectivity index (χ3n) is 4.74. The van der Waals surface area contributed by atoms with Crippen LogP contribution in [0, 0.1) is 6.92 Å². The molecule has 1 heterocycles. The van der Waals surface area contributed by atoms with Crippen LogP contribution in [0.3, 0.4) is 0 Å². The number of hydrogen-bond donors (Lipinski definition) is 2. The van der Waals surface area contributed by atoms with Crippen molar-refractivity contribution in [3.05, 3.63) is 65.7 Å². The van der Waals surface area contributed by atoms with Crippen LogP contribution in [0.4, 0.5) is 5.69 Å². The fourth-order valence-corrected chi connectivity index (χ4v) is 3.96.